The van der Waals surface area contributed by atoms with E-state index < -0.39 is 15.8 Å². The fourth-order valence-corrected chi connectivity index (χ4v) is 5.58. The minimum atomic E-state index is -3.92. The summed E-state index contributed by atoms with van der Waals surface area (Å²) < 4.78 is 41.7. The number of carbonyl (C=O) groups is 2. The largest absolute Gasteiger partial charge is 0.270 e. The molecule has 1 N–H and O–H groups in total. The summed E-state index contributed by atoms with van der Waals surface area (Å²) in [4.78, 5) is 30.3. The van der Waals surface area contributed by atoms with Crippen LogP contribution in [0.5, 0.6) is 0 Å². The maximum Gasteiger partial charge on any atom is 0.263 e. The Morgan fingerprint density at radius 2 is 1.59 bits per heavy atom. The molecule has 0 fully saturated rings. The average Bonchev–Trinajstić information content (AvgIpc) is 3.27. The molecule has 0 saturated heterocycles. The predicted molar refractivity (Wildman–Crippen MR) is 117 cm³/mol. The van der Waals surface area contributed by atoms with Gasteiger partial charge in [-0.15, -0.1) is 0 Å². The molecule has 0 radical (unpaired) electrons. The molecule has 0 spiro atoms. The third kappa shape index (κ3) is 3.53. The van der Waals surface area contributed by atoms with E-state index in [4.69, 9.17) is 0 Å². The van der Waals surface area contributed by atoms with Crippen LogP contribution in [0.2, 0.25) is 0 Å². The number of aromatic nitrogens is 1. The Hall–Kier alpha value is -3.63. The molecule has 0 aliphatic carbocycles. The molecule has 4 aromatic rings. The van der Waals surface area contributed by atoms with Crippen LogP contribution in [-0.2, 0) is 16.6 Å². The molecule has 1 aliphatic rings. The highest BCUT2D eigenvalue weighted by molar-refractivity contribution is 7.93. The molecular weight excluding hydrogens is 453 g/mol. The predicted octanol–water partition coefficient (Wildman–Crippen LogP) is 4.03. The topological polar surface area (TPSA) is 96.4 Å². The maximum atomic E-state index is 13.4. The first kappa shape index (κ1) is 20.3. The molecule has 0 unspecified atom stereocenters. The van der Waals surface area contributed by atoms with Crippen LogP contribution >= 0.6 is 11.3 Å². The molecule has 10 heteroatoms. The SMILES string of the molecule is O=C1c2ccccc2C(=O)N1Cc1ccc(S(=O)(=O)Nc2nc3ccc(F)cc3s2)cc1. The summed E-state index contributed by atoms with van der Waals surface area (Å²) in [6.07, 6.45) is 0. The number of fused-ring (bicyclic) bond motifs is 2. The molecule has 1 aromatic heterocycles. The second-order valence-electron chi connectivity index (χ2n) is 7.12. The van der Waals surface area contributed by atoms with Crippen molar-refractivity contribution in [2.24, 2.45) is 0 Å². The van der Waals surface area contributed by atoms with E-state index in [1.165, 1.54) is 30.3 Å². The highest BCUT2D eigenvalue weighted by Gasteiger charge is 2.35. The van der Waals surface area contributed by atoms with E-state index in [1.54, 1.807) is 36.4 Å². The summed E-state index contributed by atoms with van der Waals surface area (Å²) in [5.41, 5.74) is 1.81. The molecule has 2 heterocycles. The number of thiazole rings is 1. The zero-order chi connectivity index (χ0) is 22.5. The normalized spacial score (nSPS) is 13.6. The number of rotatable bonds is 5. The van der Waals surface area contributed by atoms with E-state index in [2.05, 4.69) is 9.71 Å². The number of nitrogens with one attached hydrogen (secondary N) is 1. The Morgan fingerprint density at radius 3 is 2.25 bits per heavy atom. The number of benzene rings is 3. The van der Waals surface area contributed by atoms with Gasteiger partial charge in [0.2, 0.25) is 0 Å². The Balaban J connectivity index is 1.34. The molecule has 32 heavy (non-hydrogen) atoms. The third-order valence-electron chi connectivity index (χ3n) is 5.02. The molecule has 5 rings (SSSR count). The van der Waals surface area contributed by atoms with Crippen molar-refractivity contribution in [2.45, 2.75) is 11.4 Å². The van der Waals surface area contributed by atoms with Crippen molar-refractivity contribution in [2.75, 3.05) is 4.72 Å². The molecule has 160 valence electrons. The minimum Gasteiger partial charge on any atom is -0.270 e. The van der Waals surface area contributed by atoms with Gasteiger partial charge in [-0.3, -0.25) is 19.2 Å². The number of hydrogen-bond acceptors (Lipinski definition) is 6. The van der Waals surface area contributed by atoms with Crippen molar-refractivity contribution in [3.63, 3.8) is 0 Å². The third-order valence-corrected chi connectivity index (χ3v) is 7.44. The van der Waals surface area contributed by atoms with Crippen LogP contribution in [0.1, 0.15) is 26.3 Å². The number of nitrogens with zero attached hydrogens (tertiary/aromatic N) is 2. The molecule has 0 bridgehead atoms. The number of imide groups is 1. The van der Waals surface area contributed by atoms with E-state index in [0.29, 0.717) is 26.9 Å². The van der Waals surface area contributed by atoms with Gasteiger partial charge in [-0.25, -0.2) is 17.8 Å². The summed E-state index contributed by atoms with van der Waals surface area (Å²) >= 11 is 1.03. The van der Waals surface area contributed by atoms with Crippen molar-refractivity contribution in [3.8, 4) is 0 Å². The Morgan fingerprint density at radius 1 is 0.938 bits per heavy atom. The van der Waals surface area contributed by atoms with Crippen LogP contribution in [0, 0.1) is 5.82 Å². The first-order chi connectivity index (χ1) is 15.3. The van der Waals surface area contributed by atoms with E-state index in [0.717, 1.165) is 16.2 Å². The molecule has 0 saturated carbocycles. The zero-order valence-electron chi connectivity index (χ0n) is 16.3. The van der Waals surface area contributed by atoms with Crippen molar-refractivity contribution < 1.29 is 22.4 Å². The standard InChI is InChI=1S/C22H14FN3O4S2/c23-14-7-10-18-19(11-14)31-22(24-18)25-32(29,30)15-8-5-13(6-9-15)12-26-20(27)16-3-1-2-4-17(16)21(26)28/h1-11H,12H2,(H,24,25). The lowest BCUT2D eigenvalue weighted by molar-refractivity contribution is 0.0642. The highest BCUT2D eigenvalue weighted by atomic mass is 32.2. The number of hydrogen-bond donors (Lipinski definition) is 1. The van der Waals surface area contributed by atoms with E-state index in [1.807, 2.05) is 0 Å². The van der Waals surface area contributed by atoms with Gasteiger partial charge in [0.15, 0.2) is 5.13 Å². The zero-order valence-corrected chi connectivity index (χ0v) is 17.9. The number of halogens is 1. The molecule has 1 aliphatic heterocycles. The van der Waals surface area contributed by atoms with Crippen LogP contribution in [-0.4, -0.2) is 30.1 Å². The fraction of sp³-hybridized carbons (Fsp3) is 0.0455. The quantitative estimate of drug-likeness (QED) is 0.447. The second kappa shape index (κ2) is 7.50. The van der Waals surface area contributed by atoms with Gasteiger partial charge < -0.3 is 0 Å². The molecule has 3 aromatic carbocycles. The van der Waals surface area contributed by atoms with Gasteiger partial charge in [-0.1, -0.05) is 35.6 Å². The lowest BCUT2D eigenvalue weighted by atomic mass is 10.1. The van der Waals surface area contributed by atoms with Crippen LogP contribution in [0.25, 0.3) is 10.2 Å². The van der Waals surface area contributed by atoms with Crippen molar-refractivity contribution >= 4 is 48.5 Å². The van der Waals surface area contributed by atoms with E-state index >= 15 is 0 Å². The molecule has 7 nitrogen and oxygen atoms in total. The minimum absolute atomic E-state index is 0.00551. The average molecular weight is 468 g/mol. The molecule has 2 amide bonds. The Labute approximate surface area is 186 Å². The molecule has 0 atom stereocenters. The first-order valence-electron chi connectivity index (χ1n) is 9.45. The summed E-state index contributed by atoms with van der Waals surface area (Å²) in [6, 6.07) is 16.5. The number of sulfonamides is 1. The van der Waals surface area contributed by atoms with Crippen molar-refractivity contribution in [3.05, 3.63) is 89.2 Å². The van der Waals surface area contributed by atoms with Crippen LogP contribution in [0.3, 0.4) is 0 Å². The molecular formula is C22H14FN3O4S2. The van der Waals surface area contributed by atoms with E-state index in [-0.39, 0.29) is 28.4 Å². The summed E-state index contributed by atoms with van der Waals surface area (Å²) in [5, 5.41) is 0.126. The van der Waals surface area contributed by atoms with Gasteiger partial charge in [0.1, 0.15) is 5.82 Å². The lowest BCUT2D eigenvalue weighted by Gasteiger charge is -2.14. The fourth-order valence-electron chi connectivity index (χ4n) is 3.46. The van der Waals surface area contributed by atoms with Crippen LogP contribution in [0.4, 0.5) is 9.52 Å². The van der Waals surface area contributed by atoms with Crippen molar-refractivity contribution in [1.29, 1.82) is 0 Å². The van der Waals surface area contributed by atoms with Gasteiger partial charge in [0, 0.05) is 0 Å². The summed E-state index contributed by atoms with van der Waals surface area (Å²) in [6.45, 7) is 0.0313. The van der Waals surface area contributed by atoms with Gasteiger partial charge in [-0.2, -0.15) is 0 Å². The Kier molecular flexibility index (Phi) is 4.75. The monoisotopic (exact) mass is 467 g/mol. The summed E-state index contributed by atoms with van der Waals surface area (Å²) in [5.74, 6) is -1.18. The summed E-state index contributed by atoms with van der Waals surface area (Å²) in [7, 11) is -3.92. The van der Waals surface area contributed by atoms with Crippen LogP contribution < -0.4 is 4.72 Å². The smallest absolute Gasteiger partial charge is 0.263 e. The number of anilines is 1. The first-order valence-corrected chi connectivity index (χ1v) is 11.7. The van der Waals surface area contributed by atoms with Gasteiger partial charge >= 0.3 is 0 Å². The van der Waals surface area contributed by atoms with Crippen LogP contribution in [0.15, 0.2) is 71.6 Å². The number of amides is 2. The highest BCUT2D eigenvalue weighted by Crippen LogP contribution is 2.29. The van der Waals surface area contributed by atoms with Crippen molar-refractivity contribution in [1.82, 2.24) is 9.88 Å². The number of carbonyl (C=O) groups excluding carboxylic acids is 2. The van der Waals surface area contributed by atoms with E-state index in [9.17, 15) is 22.4 Å². The van der Waals surface area contributed by atoms with Gasteiger partial charge in [0.05, 0.1) is 32.8 Å². The van der Waals surface area contributed by atoms with Gasteiger partial charge in [-0.05, 0) is 48.0 Å². The van der Waals surface area contributed by atoms with Gasteiger partial charge in [0.25, 0.3) is 21.8 Å². The maximum absolute atomic E-state index is 13.4. The Bertz CT molecular complexity index is 1460. The second-order valence-corrected chi connectivity index (χ2v) is 9.84. The lowest BCUT2D eigenvalue weighted by Crippen LogP contribution is -2.29.